The van der Waals surface area contributed by atoms with Crippen LogP contribution in [0.25, 0.3) is 0 Å². The zero-order valence-corrected chi connectivity index (χ0v) is 17.3. The molecule has 160 valence electrons. The molecule has 2 heterocycles. The van der Waals surface area contributed by atoms with Crippen molar-refractivity contribution in [1.82, 2.24) is 5.32 Å². The lowest BCUT2D eigenvalue weighted by Crippen LogP contribution is -2.33. The van der Waals surface area contributed by atoms with E-state index in [1.165, 1.54) is 6.92 Å². The number of anilines is 1. The lowest BCUT2D eigenvalue weighted by Gasteiger charge is -2.29. The number of cyclic esters (lactones) is 1. The van der Waals surface area contributed by atoms with E-state index in [0.29, 0.717) is 31.8 Å². The van der Waals surface area contributed by atoms with Crippen molar-refractivity contribution >= 4 is 25.1 Å². The molecule has 0 radical (unpaired) electrons. The van der Waals surface area contributed by atoms with Crippen LogP contribution >= 0.6 is 7.37 Å². The van der Waals surface area contributed by atoms with Crippen LogP contribution in [-0.4, -0.2) is 50.1 Å². The summed E-state index contributed by atoms with van der Waals surface area (Å²) in [5.74, 6) is -2.13. The van der Waals surface area contributed by atoms with Gasteiger partial charge in [-0.2, -0.15) is 0 Å². The van der Waals surface area contributed by atoms with Crippen molar-refractivity contribution in [1.29, 1.82) is 0 Å². The molecule has 2 aliphatic rings. The first-order valence-electron chi connectivity index (χ1n) is 9.66. The van der Waals surface area contributed by atoms with Gasteiger partial charge in [0.25, 0.3) is 0 Å². The largest absolute Gasteiger partial charge is 0.442 e. The van der Waals surface area contributed by atoms with Crippen molar-refractivity contribution in [3.8, 4) is 0 Å². The minimum Gasteiger partial charge on any atom is -0.442 e. The predicted molar refractivity (Wildman–Crippen MR) is 104 cm³/mol. The van der Waals surface area contributed by atoms with Crippen LogP contribution in [0.1, 0.15) is 38.2 Å². The molecule has 1 N–H and O–H groups in total. The van der Waals surface area contributed by atoms with Crippen LogP contribution in [0.15, 0.2) is 12.1 Å². The highest BCUT2D eigenvalue weighted by Crippen LogP contribution is 2.54. The molecule has 3 rings (SSSR count). The predicted octanol–water partition coefficient (Wildman–Crippen LogP) is 3.62. The highest BCUT2D eigenvalue weighted by molar-refractivity contribution is 7.59. The molecule has 29 heavy (non-hydrogen) atoms. The van der Waals surface area contributed by atoms with Crippen LogP contribution in [0.5, 0.6) is 0 Å². The second kappa shape index (κ2) is 8.79. The fourth-order valence-corrected chi connectivity index (χ4v) is 6.19. The first kappa shape index (κ1) is 21.7. The van der Waals surface area contributed by atoms with Crippen molar-refractivity contribution in [3.05, 3.63) is 29.3 Å². The summed E-state index contributed by atoms with van der Waals surface area (Å²) < 4.78 is 52.5. The summed E-state index contributed by atoms with van der Waals surface area (Å²) in [4.78, 5) is 24.2. The number of halogens is 2. The number of carbonyl (C=O) groups is 2. The molecule has 0 spiro atoms. The SMILES string of the molecule is CCOP1(=O)CCC(c2c(F)cc(N3C[C@H](CNC(C)=O)OC3=O)cc2F)CC1. The average molecular weight is 430 g/mol. The second-order valence-corrected chi connectivity index (χ2v) is 10.1. The van der Waals surface area contributed by atoms with Gasteiger partial charge in [-0.05, 0) is 37.8 Å². The summed E-state index contributed by atoms with van der Waals surface area (Å²) in [6.45, 7) is 3.68. The lowest BCUT2D eigenvalue weighted by atomic mass is 9.92. The monoisotopic (exact) mass is 430 g/mol. The average Bonchev–Trinajstić information content (AvgIpc) is 3.02. The van der Waals surface area contributed by atoms with Crippen LogP contribution in [0.2, 0.25) is 0 Å². The third kappa shape index (κ3) is 4.95. The highest BCUT2D eigenvalue weighted by atomic mass is 31.2. The summed E-state index contributed by atoms with van der Waals surface area (Å²) in [5, 5.41) is 2.55. The Morgan fingerprint density at radius 1 is 1.31 bits per heavy atom. The minimum absolute atomic E-state index is 0.0427. The summed E-state index contributed by atoms with van der Waals surface area (Å²) in [6.07, 6.45) is 0.0555. The molecule has 2 amide bonds. The quantitative estimate of drug-likeness (QED) is 0.697. The van der Waals surface area contributed by atoms with Gasteiger partial charge in [0.15, 0.2) is 0 Å². The molecule has 0 aliphatic carbocycles. The van der Waals surface area contributed by atoms with Crippen LogP contribution in [0.3, 0.4) is 0 Å². The maximum atomic E-state index is 14.8. The summed E-state index contributed by atoms with van der Waals surface area (Å²) in [6, 6.07) is 2.24. The number of hydrogen-bond acceptors (Lipinski definition) is 5. The molecule has 10 heteroatoms. The van der Waals surface area contributed by atoms with Gasteiger partial charge in [-0.1, -0.05) is 0 Å². The third-order valence-electron chi connectivity index (χ3n) is 5.24. The Morgan fingerprint density at radius 2 is 1.93 bits per heavy atom. The van der Waals surface area contributed by atoms with E-state index >= 15 is 0 Å². The maximum absolute atomic E-state index is 14.8. The number of rotatable bonds is 6. The third-order valence-corrected chi connectivity index (χ3v) is 7.85. The molecule has 7 nitrogen and oxygen atoms in total. The van der Waals surface area contributed by atoms with Crippen molar-refractivity contribution in [2.24, 2.45) is 0 Å². The van der Waals surface area contributed by atoms with E-state index in [4.69, 9.17) is 9.26 Å². The number of amides is 2. The summed E-state index contributed by atoms with van der Waals surface area (Å²) in [5.41, 5.74) is 0.0220. The van der Waals surface area contributed by atoms with Gasteiger partial charge < -0.3 is 14.6 Å². The Balaban J connectivity index is 1.72. The molecule has 2 aliphatic heterocycles. The molecule has 2 saturated heterocycles. The Hall–Kier alpha value is -1.99. The molecule has 0 unspecified atom stereocenters. The summed E-state index contributed by atoms with van der Waals surface area (Å²) in [7, 11) is -2.70. The maximum Gasteiger partial charge on any atom is 0.414 e. The molecule has 0 bridgehead atoms. The molecular weight excluding hydrogens is 405 g/mol. The Kier molecular flexibility index (Phi) is 6.58. The number of carbonyl (C=O) groups excluding carboxylic acids is 2. The van der Waals surface area contributed by atoms with Crippen LogP contribution in [-0.2, 0) is 18.6 Å². The van der Waals surface area contributed by atoms with Gasteiger partial charge in [0.2, 0.25) is 13.3 Å². The topological polar surface area (TPSA) is 84.9 Å². The van der Waals surface area contributed by atoms with Crippen LogP contribution in [0, 0.1) is 11.6 Å². The highest BCUT2D eigenvalue weighted by Gasteiger charge is 2.36. The van der Waals surface area contributed by atoms with Crippen LogP contribution < -0.4 is 10.2 Å². The van der Waals surface area contributed by atoms with E-state index in [1.807, 2.05) is 0 Å². The Labute approximate surface area is 168 Å². The van der Waals surface area contributed by atoms with Crippen molar-refractivity contribution in [2.45, 2.75) is 38.7 Å². The standard InChI is InChI=1S/C19H25F2N2O5P/c1-3-27-29(26)6-4-13(5-7-29)18-16(20)8-14(9-17(18)21)23-11-15(28-19(23)25)10-22-12(2)24/h8-9,13,15H,3-7,10-11H2,1-2H3,(H,22,24)/t13?,15-,29?/m0/s1. The summed E-state index contributed by atoms with van der Waals surface area (Å²) >= 11 is 0. The van der Waals surface area contributed by atoms with Gasteiger partial charge in [0.1, 0.15) is 17.7 Å². The molecule has 2 fully saturated rings. The van der Waals surface area contributed by atoms with Crippen LogP contribution in [0.4, 0.5) is 19.3 Å². The lowest BCUT2D eigenvalue weighted by molar-refractivity contribution is -0.119. The van der Waals surface area contributed by atoms with E-state index in [2.05, 4.69) is 5.32 Å². The Bertz CT molecular complexity index is 815. The van der Waals surface area contributed by atoms with Gasteiger partial charge in [-0.25, -0.2) is 13.6 Å². The van der Waals surface area contributed by atoms with E-state index in [0.717, 1.165) is 17.0 Å². The zero-order valence-electron chi connectivity index (χ0n) is 16.5. The Morgan fingerprint density at radius 3 is 2.48 bits per heavy atom. The van der Waals surface area contributed by atoms with E-state index in [-0.39, 0.29) is 36.2 Å². The number of hydrogen-bond donors (Lipinski definition) is 1. The van der Waals surface area contributed by atoms with E-state index in [9.17, 15) is 22.9 Å². The first-order valence-corrected chi connectivity index (χ1v) is 11.7. The van der Waals surface area contributed by atoms with Gasteiger partial charge in [-0.15, -0.1) is 0 Å². The van der Waals surface area contributed by atoms with Crippen molar-refractivity contribution < 1.29 is 32.2 Å². The fourth-order valence-electron chi connectivity index (χ4n) is 3.83. The number of benzene rings is 1. The van der Waals surface area contributed by atoms with Gasteiger partial charge in [0, 0.05) is 24.8 Å². The molecule has 0 saturated carbocycles. The van der Waals surface area contributed by atoms with Gasteiger partial charge >= 0.3 is 6.09 Å². The number of nitrogens with one attached hydrogen (secondary N) is 1. The fraction of sp³-hybridized carbons (Fsp3) is 0.579. The number of nitrogens with zero attached hydrogens (tertiary/aromatic N) is 1. The molecule has 1 aromatic carbocycles. The molecule has 1 atom stereocenters. The zero-order chi connectivity index (χ0) is 21.2. The number of ether oxygens (including phenoxy) is 1. The van der Waals surface area contributed by atoms with Crippen molar-refractivity contribution in [3.63, 3.8) is 0 Å². The smallest absolute Gasteiger partial charge is 0.414 e. The molecular formula is C19H25F2N2O5P. The van der Waals surface area contributed by atoms with Gasteiger partial charge in [-0.3, -0.25) is 14.3 Å². The van der Waals surface area contributed by atoms with E-state index < -0.39 is 31.2 Å². The molecule has 1 aromatic rings. The normalized spacial score (nSPS) is 27.0. The van der Waals surface area contributed by atoms with E-state index in [1.54, 1.807) is 6.92 Å². The van der Waals surface area contributed by atoms with Crippen molar-refractivity contribution in [2.75, 3.05) is 36.9 Å². The second-order valence-electron chi connectivity index (χ2n) is 7.33. The minimum atomic E-state index is -2.70. The first-order chi connectivity index (χ1) is 13.7. The van der Waals surface area contributed by atoms with Gasteiger partial charge in [0.05, 0.1) is 25.4 Å². The molecule has 0 aromatic heterocycles.